The van der Waals surface area contributed by atoms with Crippen LogP contribution < -0.4 is 15.8 Å². The van der Waals surface area contributed by atoms with Crippen LogP contribution in [0.15, 0.2) is 36.4 Å². The van der Waals surface area contributed by atoms with E-state index in [0.29, 0.717) is 10.8 Å². The van der Waals surface area contributed by atoms with Crippen molar-refractivity contribution in [1.29, 1.82) is 0 Å². The number of halogens is 2. The number of nitrogen functional groups attached to an aromatic ring is 1. The van der Waals surface area contributed by atoms with Gasteiger partial charge in [0.2, 0.25) is 0 Å². The molecule has 0 fully saturated rings. The van der Waals surface area contributed by atoms with E-state index >= 15 is 0 Å². The van der Waals surface area contributed by atoms with Crippen LogP contribution in [-0.4, -0.2) is 13.0 Å². The molecule has 104 valence electrons. The molecule has 2 aromatic carbocycles. The molecule has 0 radical (unpaired) electrons. The van der Waals surface area contributed by atoms with E-state index in [1.165, 1.54) is 25.3 Å². The summed E-state index contributed by atoms with van der Waals surface area (Å²) in [5.41, 5.74) is 5.98. The number of methoxy groups -OCH3 is 1. The van der Waals surface area contributed by atoms with E-state index in [1.807, 2.05) is 0 Å². The third-order valence-corrected chi connectivity index (χ3v) is 2.88. The quantitative estimate of drug-likeness (QED) is 0.854. The molecule has 0 heterocycles. The number of ether oxygens (including phenoxy) is 1. The van der Waals surface area contributed by atoms with Gasteiger partial charge in [0.05, 0.1) is 18.4 Å². The molecular weight excluding hydrogens is 283 g/mol. The summed E-state index contributed by atoms with van der Waals surface area (Å²) < 4.78 is 18.7. The molecule has 0 bridgehead atoms. The zero-order chi connectivity index (χ0) is 14.7. The standard InChI is InChI=1S/C14H12ClFN2O2/c1-20-13-5-2-8(15)6-10(13)14(19)18-12-4-3-9(17)7-11(12)16/h2-7H,17H2,1H3,(H,18,19). The molecule has 0 saturated heterocycles. The number of benzene rings is 2. The third kappa shape index (κ3) is 3.00. The van der Waals surface area contributed by atoms with Crippen molar-refractivity contribution >= 4 is 28.9 Å². The number of nitrogens with one attached hydrogen (secondary N) is 1. The van der Waals surface area contributed by atoms with Crippen LogP contribution in [-0.2, 0) is 0 Å². The minimum atomic E-state index is -0.612. The molecule has 6 heteroatoms. The Kier molecular flexibility index (Phi) is 4.10. The van der Waals surface area contributed by atoms with Crippen LogP contribution in [0.1, 0.15) is 10.4 Å². The van der Waals surface area contributed by atoms with Gasteiger partial charge in [0.25, 0.3) is 5.91 Å². The van der Waals surface area contributed by atoms with Crippen LogP contribution in [0.25, 0.3) is 0 Å². The monoisotopic (exact) mass is 294 g/mol. The zero-order valence-electron chi connectivity index (χ0n) is 10.6. The van der Waals surface area contributed by atoms with Gasteiger partial charge in [-0.15, -0.1) is 0 Å². The van der Waals surface area contributed by atoms with Crippen molar-refractivity contribution in [2.45, 2.75) is 0 Å². The number of amides is 1. The van der Waals surface area contributed by atoms with Crippen molar-refractivity contribution in [3.63, 3.8) is 0 Å². The van der Waals surface area contributed by atoms with Crippen LogP contribution in [0.4, 0.5) is 15.8 Å². The molecule has 0 spiro atoms. The smallest absolute Gasteiger partial charge is 0.259 e. The van der Waals surface area contributed by atoms with Crippen LogP contribution in [0.2, 0.25) is 5.02 Å². The molecule has 0 unspecified atom stereocenters. The predicted molar refractivity (Wildman–Crippen MR) is 76.8 cm³/mol. The zero-order valence-corrected chi connectivity index (χ0v) is 11.4. The van der Waals surface area contributed by atoms with Crippen molar-refractivity contribution in [3.05, 3.63) is 52.8 Å². The number of carbonyl (C=O) groups is 1. The van der Waals surface area contributed by atoms with Gasteiger partial charge in [0, 0.05) is 10.7 Å². The highest BCUT2D eigenvalue weighted by Crippen LogP contribution is 2.24. The SMILES string of the molecule is COc1ccc(Cl)cc1C(=O)Nc1ccc(N)cc1F. The minimum absolute atomic E-state index is 0.0335. The third-order valence-electron chi connectivity index (χ3n) is 2.65. The summed E-state index contributed by atoms with van der Waals surface area (Å²) in [7, 11) is 1.43. The molecule has 0 aliphatic rings. The Bertz CT molecular complexity index is 662. The Morgan fingerprint density at radius 2 is 2.05 bits per heavy atom. The molecule has 0 aliphatic carbocycles. The van der Waals surface area contributed by atoms with E-state index in [2.05, 4.69) is 5.32 Å². The number of nitrogens with two attached hydrogens (primary N) is 1. The Labute approximate surface area is 120 Å². The van der Waals surface area contributed by atoms with Crippen molar-refractivity contribution in [2.24, 2.45) is 0 Å². The van der Waals surface area contributed by atoms with Gasteiger partial charge >= 0.3 is 0 Å². The highest BCUT2D eigenvalue weighted by Gasteiger charge is 2.14. The number of carbonyl (C=O) groups excluding carboxylic acids is 1. The molecule has 0 aromatic heterocycles. The van der Waals surface area contributed by atoms with Crippen molar-refractivity contribution < 1.29 is 13.9 Å². The van der Waals surface area contributed by atoms with E-state index in [0.717, 1.165) is 6.07 Å². The maximum atomic E-state index is 13.6. The molecule has 0 atom stereocenters. The summed E-state index contributed by atoms with van der Waals surface area (Å²) in [5.74, 6) is -0.782. The van der Waals surface area contributed by atoms with E-state index in [4.69, 9.17) is 22.1 Å². The van der Waals surface area contributed by atoms with Gasteiger partial charge in [0.1, 0.15) is 11.6 Å². The first-order valence-corrected chi connectivity index (χ1v) is 6.09. The average molecular weight is 295 g/mol. The lowest BCUT2D eigenvalue weighted by molar-refractivity contribution is 0.102. The van der Waals surface area contributed by atoms with Crippen molar-refractivity contribution in [2.75, 3.05) is 18.2 Å². The summed E-state index contributed by atoms with van der Waals surface area (Å²) in [6.07, 6.45) is 0. The first-order valence-electron chi connectivity index (χ1n) is 5.71. The highest BCUT2D eigenvalue weighted by molar-refractivity contribution is 6.31. The summed E-state index contributed by atoms with van der Waals surface area (Å²) >= 11 is 5.85. The molecule has 0 aliphatic heterocycles. The summed E-state index contributed by atoms with van der Waals surface area (Å²) in [6, 6.07) is 8.63. The van der Waals surface area contributed by atoms with Gasteiger partial charge in [-0.25, -0.2) is 4.39 Å². The van der Waals surface area contributed by atoms with Crippen LogP contribution in [0.3, 0.4) is 0 Å². The van der Waals surface area contributed by atoms with Gasteiger partial charge in [-0.3, -0.25) is 4.79 Å². The lowest BCUT2D eigenvalue weighted by atomic mass is 10.1. The number of rotatable bonds is 3. The first kappa shape index (κ1) is 14.1. The molecule has 4 nitrogen and oxygen atoms in total. The van der Waals surface area contributed by atoms with Crippen molar-refractivity contribution in [1.82, 2.24) is 0 Å². The van der Waals surface area contributed by atoms with Gasteiger partial charge in [-0.05, 0) is 36.4 Å². The second-order valence-corrected chi connectivity index (χ2v) is 4.47. The van der Waals surface area contributed by atoms with Gasteiger partial charge in [-0.2, -0.15) is 0 Å². The molecule has 0 saturated carbocycles. The van der Waals surface area contributed by atoms with Gasteiger partial charge < -0.3 is 15.8 Å². The number of hydrogen-bond acceptors (Lipinski definition) is 3. The topological polar surface area (TPSA) is 64.3 Å². The van der Waals surface area contributed by atoms with E-state index in [-0.39, 0.29) is 16.9 Å². The summed E-state index contributed by atoms with van der Waals surface area (Å²) in [5, 5.41) is 2.83. The minimum Gasteiger partial charge on any atom is -0.496 e. The lowest BCUT2D eigenvalue weighted by Crippen LogP contribution is -2.14. The molecular formula is C14H12ClFN2O2. The Balaban J connectivity index is 2.30. The van der Waals surface area contributed by atoms with E-state index in [1.54, 1.807) is 12.1 Å². The molecule has 1 amide bonds. The average Bonchev–Trinajstić information content (AvgIpc) is 2.41. The first-order chi connectivity index (χ1) is 9.51. The van der Waals surface area contributed by atoms with Crippen molar-refractivity contribution in [3.8, 4) is 5.75 Å². The fourth-order valence-electron chi connectivity index (χ4n) is 1.68. The largest absolute Gasteiger partial charge is 0.496 e. The summed E-state index contributed by atoms with van der Waals surface area (Å²) in [6.45, 7) is 0. The predicted octanol–water partition coefficient (Wildman–Crippen LogP) is 3.32. The summed E-state index contributed by atoms with van der Waals surface area (Å²) in [4.78, 5) is 12.1. The normalized spacial score (nSPS) is 10.2. The molecule has 20 heavy (non-hydrogen) atoms. The Morgan fingerprint density at radius 1 is 1.30 bits per heavy atom. The molecule has 3 N–H and O–H groups in total. The Hall–Kier alpha value is -2.27. The maximum Gasteiger partial charge on any atom is 0.259 e. The van der Waals surface area contributed by atoms with E-state index < -0.39 is 11.7 Å². The van der Waals surface area contributed by atoms with Crippen LogP contribution in [0.5, 0.6) is 5.75 Å². The highest BCUT2D eigenvalue weighted by atomic mass is 35.5. The fourth-order valence-corrected chi connectivity index (χ4v) is 1.85. The maximum absolute atomic E-state index is 13.6. The second kappa shape index (κ2) is 5.79. The molecule has 2 rings (SSSR count). The van der Waals surface area contributed by atoms with Gasteiger partial charge in [-0.1, -0.05) is 11.6 Å². The van der Waals surface area contributed by atoms with Gasteiger partial charge in [0.15, 0.2) is 0 Å². The van der Waals surface area contributed by atoms with Crippen LogP contribution in [0, 0.1) is 5.82 Å². The van der Waals surface area contributed by atoms with Crippen LogP contribution >= 0.6 is 11.6 Å². The fraction of sp³-hybridized carbons (Fsp3) is 0.0714. The number of anilines is 2. The Morgan fingerprint density at radius 3 is 2.70 bits per heavy atom. The molecule has 2 aromatic rings. The van der Waals surface area contributed by atoms with E-state index in [9.17, 15) is 9.18 Å². The number of hydrogen-bond donors (Lipinski definition) is 2. The lowest BCUT2D eigenvalue weighted by Gasteiger charge is -2.10. The second-order valence-electron chi connectivity index (χ2n) is 4.04.